The van der Waals surface area contributed by atoms with Crippen LogP contribution < -0.4 is 10.1 Å². The average molecular weight is 364 g/mol. The second kappa shape index (κ2) is 7.55. The van der Waals surface area contributed by atoms with Gasteiger partial charge in [-0.1, -0.05) is 41.4 Å². The van der Waals surface area contributed by atoms with Crippen molar-refractivity contribution in [1.82, 2.24) is 15.5 Å². The van der Waals surface area contributed by atoms with E-state index >= 15 is 0 Å². The zero-order chi connectivity index (χ0) is 16.9. The molecular formula is C17H15Cl2N3O2. The van der Waals surface area contributed by atoms with Gasteiger partial charge < -0.3 is 10.1 Å². The van der Waals surface area contributed by atoms with Crippen molar-refractivity contribution in [3.05, 3.63) is 58.2 Å². The number of aromatic nitrogens is 2. The van der Waals surface area contributed by atoms with E-state index in [0.717, 1.165) is 10.9 Å². The Morgan fingerprint density at radius 1 is 1.21 bits per heavy atom. The van der Waals surface area contributed by atoms with Gasteiger partial charge in [0.2, 0.25) is 0 Å². The maximum atomic E-state index is 12.2. The third kappa shape index (κ3) is 3.80. The number of ether oxygens (including phenoxy) is 1. The second-order valence-corrected chi connectivity index (χ2v) is 5.99. The lowest BCUT2D eigenvalue weighted by molar-refractivity contribution is 0.0948. The zero-order valence-corrected chi connectivity index (χ0v) is 14.2. The van der Waals surface area contributed by atoms with Crippen molar-refractivity contribution in [3.8, 4) is 5.75 Å². The van der Waals surface area contributed by atoms with E-state index < -0.39 is 0 Å². The molecule has 0 aliphatic carbocycles. The van der Waals surface area contributed by atoms with Crippen LogP contribution >= 0.6 is 23.2 Å². The standard InChI is InChI=1S/C17H15Cl2N3O2/c18-11-6-7-15(13(19)10-11)24-9-3-8-20-17(23)16-12-4-1-2-5-14(12)21-22-16/h1-2,4-7,10H,3,8-9H2,(H,20,23)(H,21,22). The smallest absolute Gasteiger partial charge is 0.272 e. The number of benzene rings is 2. The van der Waals surface area contributed by atoms with Crippen molar-refractivity contribution in [2.45, 2.75) is 6.42 Å². The zero-order valence-electron chi connectivity index (χ0n) is 12.7. The summed E-state index contributed by atoms with van der Waals surface area (Å²) in [5.41, 5.74) is 1.23. The van der Waals surface area contributed by atoms with E-state index in [9.17, 15) is 4.79 Å². The van der Waals surface area contributed by atoms with Crippen LogP contribution in [0, 0.1) is 0 Å². The monoisotopic (exact) mass is 363 g/mol. The number of carbonyl (C=O) groups is 1. The van der Waals surface area contributed by atoms with Crippen molar-refractivity contribution < 1.29 is 9.53 Å². The van der Waals surface area contributed by atoms with Crippen molar-refractivity contribution in [2.24, 2.45) is 0 Å². The lowest BCUT2D eigenvalue weighted by Crippen LogP contribution is -2.26. The Kier molecular flexibility index (Phi) is 5.23. The predicted octanol–water partition coefficient (Wildman–Crippen LogP) is 4.07. The molecule has 5 nitrogen and oxygen atoms in total. The molecule has 0 bridgehead atoms. The largest absolute Gasteiger partial charge is 0.492 e. The van der Waals surface area contributed by atoms with Gasteiger partial charge in [-0.3, -0.25) is 9.89 Å². The van der Waals surface area contributed by atoms with Crippen molar-refractivity contribution >= 4 is 40.0 Å². The molecule has 0 fully saturated rings. The Morgan fingerprint density at radius 3 is 2.88 bits per heavy atom. The van der Waals surface area contributed by atoms with Gasteiger partial charge in [0, 0.05) is 17.0 Å². The summed E-state index contributed by atoms with van der Waals surface area (Å²) in [6.45, 7) is 0.911. The minimum absolute atomic E-state index is 0.211. The van der Waals surface area contributed by atoms with Gasteiger partial charge >= 0.3 is 0 Å². The number of nitrogens with zero attached hydrogens (tertiary/aromatic N) is 1. The summed E-state index contributed by atoms with van der Waals surface area (Å²) in [4.78, 5) is 12.2. The predicted molar refractivity (Wildman–Crippen MR) is 95.0 cm³/mol. The maximum absolute atomic E-state index is 12.2. The number of H-pyrrole nitrogens is 1. The lowest BCUT2D eigenvalue weighted by Gasteiger charge is -2.08. The molecule has 0 saturated heterocycles. The molecule has 3 rings (SSSR count). The molecule has 1 amide bonds. The molecule has 0 unspecified atom stereocenters. The first-order chi connectivity index (χ1) is 11.6. The van der Waals surface area contributed by atoms with Crippen LogP contribution in [0.15, 0.2) is 42.5 Å². The normalized spacial score (nSPS) is 10.8. The molecule has 124 valence electrons. The molecule has 3 aromatic rings. The fourth-order valence-electron chi connectivity index (χ4n) is 2.27. The van der Waals surface area contributed by atoms with Crippen LogP contribution in [-0.4, -0.2) is 29.3 Å². The van der Waals surface area contributed by atoms with Crippen LogP contribution in [0.25, 0.3) is 10.9 Å². The van der Waals surface area contributed by atoms with E-state index in [1.807, 2.05) is 24.3 Å². The van der Waals surface area contributed by atoms with Crippen LogP contribution in [0.3, 0.4) is 0 Å². The van der Waals surface area contributed by atoms with Crippen LogP contribution in [-0.2, 0) is 0 Å². The highest BCUT2D eigenvalue weighted by Crippen LogP contribution is 2.27. The molecule has 0 radical (unpaired) electrons. The Hall–Kier alpha value is -2.24. The third-order valence-corrected chi connectivity index (χ3v) is 3.97. The molecule has 2 N–H and O–H groups in total. The Bertz CT molecular complexity index is 864. The Morgan fingerprint density at radius 2 is 2.04 bits per heavy atom. The molecule has 1 heterocycles. The summed E-state index contributed by atoms with van der Waals surface area (Å²) in [5, 5.41) is 11.6. The van der Waals surface area contributed by atoms with Crippen LogP contribution in [0.5, 0.6) is 5.75 Å². The minimum Gasteiger partial charge on any atom is -0.492 e. The number of nitrogens with one attached hydrogen (secondary N) is 2. The second-order valence-electron chi connectivity index (χ2n) is 5.15. The van der Waals surface area contributed by atoms with Crippen LogP contribution in [0.4, 0.5) is 0 Å². The summed E-state index contributed by atoms with van der Waals surface area (Å²) in [6, 6.07) is 12.6. The fourth-order valence-corrected chi connectivity index (χ4v) is 2.73. The fraction of sp³-hybridized carbons (Fsp3) is 0.176. The molecule has 24 heavy (non-hydrogen) atoms. The molecule has 0 aliphatic heterocycles. The van der Waals surface area contributed by atoms with Crippen molar-refractivity contribution in [2.75, 3.05) is 13.2 Å². The van der Waals surface area contributed by atoms with Gasteiger partial charge in [-0.2, -0.15) is 5.10 Å². The van der Waals surface area contributed by atoms with E-state index in [1.165, 1.54) is 0 Å². The highest BCUT2D eigenvalue weighted by molar-refractivity contribution is 6.35. The summed E-state index contributed by atoms with van der Waals surface area (Å²) in [5.74, 6) is 0.364. The van der Waals surface area contributed by atoms with Gasteiger partial charge in [0.15, 0.2) is 5.69 Å². The first kappa shape index (κ1) is 16.6. The van der Waals surface area contributed by atoms with Gasteiger partial charge in [0.1, 0.15) is 5.75 Å². The van der Waals surface area contributed by atoms with Gasteiger partial charge in [-0.05, 0) is 30.7 Å². The Labute approximate surface area is 148 Å². The van der Waals surface area contributed by atoms with E-state index in [0.29, 0.717) is 41.1 Å². The number of aromatic amines is 1. The summed E-state index contributed by atoms with van der Waals surface area (Å²) in [6.07, 6.45) is 0.646. The SMILES string of the molecule is O=C(NCCCOc1ccc(Cl)cc1Cl)c1n[nH]c2ccccc12. The molecule has 0 spiro atoms. The van der Waals surface area contributed by atoms with Gasteiger partial charge in [-0.15, -0.1) is 0 Å². The van der Waals surface area contributed by atoms with Crippen LogP contribution in [0.1, 0.15) is 16.9 Å². The number of rotatable bonds is 6. The minimum atomic E-state index is -0.211. The first-order valence-corrected chi connectivity index (χ1v) is 8.20. The quantitative estimate of drug-likeness (QED) is 0.648. The topological polar surface area (TPSA) is 67.0 Å². The number of halogens is 2. The summed E-state index contributed by atoms with van der Waals surface area (Å²) >= 11 is 11.9. The number of carbonyl (C=O) groups excluding carboxylic acids is 1. The summed E-state index contributed by atoms with van der Waals surface area (Å²) < 4.78 is 5.57. The highest BCUT2D eigenvalue weighted by Gasteiger charge is 2.12. The van der Waals surface area contributed by atoms with Crippen molar-refractivity contribution in [3.63, 3.8) is 0 Å². The highest BCUT2D eigenvalue weighted by atomic mass is 35.5. The van der Waals surface area contributed by atoms with Crippen molar-refractivity contribution in [1.29, 1.82) is 0 Å². The lowest BCUT2D eigenvalue weighted by atomic mass is 10.2. The molecule has 1 aromatic heterocycles. The van der Waals surface area contributed by atoms with E-state index in [2.05, 4.69) is 15.5 Å². The van der Waals surface area contributed by atoms with E-state index in [1.54, 1.807) is 18.2 Å². The molecule has 7 heteroatoms. The summed E-state index contributed by atoms with van der Waals surface area (Å²) in [7, 11) is 0. The van der Waals surface area contributed by atoms with E-state index in [4.69, 9.17) is 27.9 Å². The molecule has 0 aliphatic rings. The molecular weight excluding hydrogens is 349 g/mol. The number of hydrogen-bond donors (Lipinski definition) is 2. The molecule has 0 atom stereocenters. The number of hydrogen-bond acceptors (Lipinski definition) is 3. The number of amides is 1. The molecule has 2 aromatic carbocycles. The number of para-hydroxylation sites is 1. The van der Waals surface area contributed by atoms with E-state index in [-0.39, 0.29) is 5.91 Å². The first-order valence-electron chi connectivity index (χ1n) is 7.44. The van der Waals surface area contributed by atoms with Gasteiger partial charge in [-0.25, -0.2) is 0 Å². The Balaban J connectivity index is 1.47. The molecule has 0 saturated carbocycles. The van der Waals surface area contributed by atoms with Crippen LogP contribution in [0.2, 0.25) is 10.0 Å². The maximum Gasteiger partial charge on any atom is 0.272 e. The average Bonchev–Trinajstić information content (AvgIpc) is 3.00. The number of fused-ring (bicyclic) bond motifs is 1. The van der Waals surface area contributed by atoms with Gasteiger partial charge in [0.25, 0.3) is 5.91 Å². The van der Waals surface area contributed by atoms with Gasteiger partial charge in [0.05, 0.1) is 17.1 Å². The third-order valence-electron chi connectivity index (χ3n) is 3.44.